The Bertz CT molecular complexity index is 1080. The first-order valence-corrected chi connectivity index (χ1v) is 9.22. The third-order valence-corrected chi connectivity index (χ3v) is 5.99. The second-order valence-electron chi connectivity index (χ2n) is 7.76. The summed E-state index contributed by atoms with van der Waals surface area (Å²) in [6.07, 6.45) is -6.99. The van der Waals surface area contributed by atoms with Gasteiger partial charge in [0.1, 0.15) is 6.04 Å². The molecule has 4 rings (SSSR count). The number of alkyl halides is 9. The molecule has 0 aromatic heterocycles. The summed E-state index contributed by atoms with van der Waals surface area (Å²) < 4.78 is 122. The molecule has 0 saturated carbocycles. The van der Waals surface area contributed by atoms with Crippen LogP contribution < -0.4 is 5.32 Å². The van der Waals surface area contributed by atoms with E-state index in [0.717, 1.165) is 12.1 Å². The maximum atomic E-state index is 14.7. The summed E-state index contributed by atoms with van der Waals surface area (Å²) in [6, 6.07) is 3.27. The van der Waals surface area contributed by atoms with Crippen molar-refractivity contribution in [1.29, 1.82) is 0 Å². The van der Waals surface area contributed by atoms with Crippen molar-refractivity contribution in [2.45, 2.75) is 42.3 Å². The van der Waals surface area contributed by atoms with E-state index in [1.165, 1.54) is 18.2 Å². The molecule has 1 unspecified atom stereocenters. The molecular weight excluding hydrogens is 457 g/mol. The zero-order chi connectivity index (χ0) is 23.9. The number of hydrogen-bond donors (Lipinski definition) is 3. The molecule has 0 radical (unpaired) electrons. The number of aromatic hydroxyl groups is 2. The number of fused-ring (bicyclic) bond motifs is 2. The van der Waals surface area contributed by atoms with Gasteiger partial charge >= 0.3 is 23.9 Å². The van der Waals surface area contributed by atoms with Gasteiger partial charge in [0, 0.05) is 24.4 Å². The molecule has 0 bridgehead atoms. The minimum atomic E-state index is -6.98. The van der Waals surface area contributed by atoms with Crippen molar-refractivity contribution < 1.29 is 49.7 Å². The van der Waals surface area contributed by atoms with E-state index in [1.807, 2.05) is 5.32 Å². The fraction of sp³-hybridized carbons (Fsp3) is 0.400. The van der Waals surface area contributed by atoms with E-state index >= 15 is 0 Å². The van der Waals surface area contributed by atoms with E-state index < -0.39 is 59.5 Å². The van der Waals surface area contributed by atoms with E-state index in [2.05, 4.69) is 0 Å². The van der Waals surface area contributed by atoms with E-state index in [4.69, 9.17) is 0 Å². The SMILES string of the molecule is Oc1ccc2c(c1O)Cc1cccc3c1[C@H]2CNC3C(F)(F)C(F)(F)C(F)(F)C(F)(F)F. The highest BCUT2D eigenvalue weighted by Crippen LogP contribution is 2.58. The number of halogens is 9. The Kier molecular flexibility index (Phi) is 4.72. The second kappa shape index (κ2) is 6.69. The van der Waals surface area contributed by atoms with E-state index in [1.54, 1.807) is 0 Å². The minimum Gasteiger partial charge on any atom is -0.504 e. The van der Waals surface area contributed by atoms with Crippen LogP contribution in [0.15, 0.2) is 30.3 Å². The highest BCUT2D eigenvalue weighted by Gasteiger charge is 2.83. The van der Waals surface area contributed by atoms with Gasteiger partial charge in [-0.2, -0.15) is 39.5 Å². The average molecular weight is 471 g/mol. The van der Waals surface area contributed by atoms with Crippen LogP contribution in [0.3, 0.4) is 0 Å². The van der Waals surface area contributed by atoms with Crippen molar-refractivity contribution >= 4 is 0 Å². The molecule has 0 spiro atoms. The van der Waals surface area contributed by atoms with Crippen LogP contribution in [0.1, 0.15) is 39.8 Å². The summed E-state index contributed by atoms with van der Waals surface area (Å²) in [6.45, 7) is -0.505. The smallest absolute Gasteiger partial charge is 0.460 e. The predicted octanol–water partition coefficient (Wildman–Crippen LogP) is 5.25. The van der Waals surface area contributed by atoms with Crippen molar-refractivity contribution in [3.8, 4) is 11.5 Å². The molecule has 3 N–H and O–H groups in total. The Morgan fingerprint density at radius 1 is 0.812 bits per heavy atom. The number of hydrogen-bond acceptors (Lipinski definition) is 3. The first-order valence-electron chi connectivity index (χ1n) is 9.22. The van der Waals surface area contributed by atoms with Crippen LogP contribution in [0.25, 0.3) is 0 Å². The molecule has 1 aliphatic carbocycles. The topological polar surface area (TPSA) is 52.5 Å². The second-order valence-corrected chi connectivity index (χ2v) is 7.76. The van der Waals surface area contributed by atoms with Gasteiger partial charge in [0.2, 0.25) is 0 Å². The standard InChI is InChI=1S/C20H14F9NO2/c21-17(22,18(23,24)19(25,26)20(27,28)29)16-10-3-1-2-8-6-11-9(4-5-13(31)15(11)32)12(7-30-16)14(8)10/h1-5,12,16,30-32H,6-7H2/t12-,16?/m0/s1. The lowest BCUT2D eigenvalue weighted by Crippen LogP contribution is -2.64. The van der Waals surface area contributed by atoms with Crippen LogP contribution in [-0.4, -0.2) is 40.7 Å². The number of nitrogens with one attached hydrogen (secondary N) is 1. The van der Waals surface area contributed by atoms with Gasteiger partial charge in [-0.3, -0.25) is 0 Å². The zero-order valence-corrected chi connectivity index (χ0v) is 15.8. The number of phenols is 2. The summed E-state index contributed by atoms with van der Waals surface area (Å²) in [5.74, 6) is -21.2. The van der Waals surface area contributed by atoms with Crippen LogP contribution in [0.4, 0.5) is 39.5 Å². The summed E-state index contributed by atoms with van der Waals surface area (Å²) in [7, 11) is 0. The van der Waals surface area contributed by atoms with Crippen LogP contribution in [0.2, 0.25) is 0 Å². The summed E-state index contributed by atoms with van der Waals surface area (Å²) in [5.41, 5.74) is 0.468. The maximum Gasteiger partial charge on any atom is 0.460 e. The molecule has 174 valence electrons. The van der Waals surface area contributed by atoms with Crippen molar-refractivity contribution in [3.05, 3.63) is 58.1 Å². The molecule has 12 heteroatoms. The average Bonchev–Trinajstić information content (AvgIpc) is 2.70. The van der Waals surface area contributed by atoms with Gasteiger partial charge in [-0.05, 0) is 28.3 Å². The Hall–Kier alpha value is -2.63. The molecule has 0 saturated heterocycles. The van der Waals surface area contributed by atoms with E-state index in [0.29, 0.717) is 5.56 Å². The van der Waals surface area contributed by atoms with Crippen molar-refractivity contribution in [1.82, 2.24) is 5.32 Å². The van der Waals surface area contributed by atoms with Gasteiger partial charge in [-0.25, -0.2) is 0 Å². The van der Waals surface area contributed by atoms with Crippen LogP contribution in [0, 0.1) is 0 Å². The Labute approximate surface area is 174 Å². The van der Waals surface area contributed by atoms with Gasteiger partial charge < -0.3 is 15.5 Å². The van der Waals surface area contributed by atoms with Crippen LogP contribution in [0.5, 0.6) is 11.5 Å². The molecule has 1 aliphatic heterocycles. The first kappa shape index (κ1) is 22.6. The Balaban J connectivity index is 1.83. The molecule has 3 nitrogen and oxygen atoms in total. The molecule has 2 aliphatic rings. The molecule has 0 fully saturated rings. The normalized spacial score (nSPS) is 21.2. The number of phenolic OH excluding ortho intramolecular Hbond substituents is 2. The number of benzene rings is 2. The van der Waals surface area contributed by atoms with Gasteiger partial charge in [0.25, 0.3) is 0 Å². The third kappa shape index (κ3) is 2.81. The molecule has 0 amide bonds. The van der Waals surface area contributed by atoms with E-state index in [-0.39, 0.29) is 23.1 Å². The fourth-order valence-electron chi connectivity index (χ4n) is 4.41. The Morgan fingerprint density at radius 2 is 1.47 bits per heavy atom. The lowest BCUT2D eigenvalue weighted by molar-refractivity contribution is -0.400. The lowest BCUT2D eigenvalue weighted by atomic mass is 9.71. The largest absolute Gasteiger partial charge is 0.504 e. The third-order valence-electron chi connectivity index (χ3n) is 5.99. The monoisotopic (exact) mass is 471 g/mol. The van der Waals surface area contributed by atoms with Crippen molar-refractivity contribution in [3.63, 3.8) is 0 Å². The van der Waals surface area contributed by atoms with Crippen LogP contribution in [-0.2, 0) is 6.42 Å². The molecule has 32 heavy (non-hydrogen) atoms. The number of rotatable bonds is 3. The van der Waals surface area contributed by atoms with E-state index in [9.17, 15) is 49.7 Å². The highest BCUT2D eigenvalue weighted by atomic mass is 19.4. The predicted molar refractivity (Wildman–Crippen MR) is 92.5 cm³/mol. The minimum absolute atomic E-state index is 0.0830. The Morgan fingerprint density at radius 3 is 2.09 bits per heavy atom. The molecular formula is C20H14F9NO2. The van der Waals surface area contributed by atoms with Gasteiger partial charge in [0.15, 0.2) is 11.5 Å². The van der Waals surface area contributed by atoms with Gasteiger partial charge in [-0.1, -0.05) is 24.3 Å². The first-order chi connectivity index (χ1) is 14.6. The maximum absolute atomic E-state index is 14.7. The molecule has 2 aromatic carbocycles. The molecule has 1 heterocycles. The zero-order valence-electron chi connectivity index (χ0n) is 15.8. The highest BCUT2D eigenvalue weighted by molar-refractivity contribution is 5.61. The van der Waals surface area contributed by atoms with Gasteiger partial charge in [-0.15, -0.1) is 0 Å². The quantitative estimate of drug-likeness (QED) is 0.424. The van der Waals surface area contributed by atoms with Gasteiger partial charge in [0.05, 0.1) is 0 Å². The summed E-state index contributed by atoms with van der Waals surface area (Å²) in [5, 5.41) is 21.9. The van der Waals surface area contributed by atoms with Crippen LogP contribution >= 0.6 is 0 Å². The lowest BCUT2D eigenvalue weighted by Gasteiger charge is -2.43. The molecule has 2 atom stereocenters. The van der Waals surface area contributed by atoms with Crippen molar-refractivity contribution in [2.24, 2.45) is 0 Å². The summed E-state index contributed by atoms with van der Waals surface area (Å²) in [4.78, 5) is 0. The summed E-state index contributed by atoms with van der Waals surface area (Å²) >= 11 is 0. The fourth-order valence-corrected chi connectivity index (χ4v) is 4.41. The molecule has 2 aromatic rings. The van der Waals surface area contributed by atoms with Crippen molar-refractivity contribution in [2.75, 3.05) is 6.54 Å².